The molecule has 0 aliphatic carbocycles. The number of fused-ring (bicyclic) bond motifs is 3. The highest BCUT2D eigenvalue weighted by molar-refractivity contribution is 6.33. The summed E-state index contributed by atoms with van der Waals surface area (Å²) in [6, 6.07) is 2.47. The van der Waals surface area contributed by atoms with Crippen LogP contribution in [0.25, 0.3) is 22.0 Å². The Bertz CT molecular complexity index is 1300. The van der Waals surface area contributed by atoms with Crippen LogP contribution in [0.1, 0.15) is 31.7 Å². The van der Waals surface area contributed by atoms with Gasteiger partial charge >= 0.3 is 0 Å². The van der Waals surface area contributed by atoms with E-state index in [1.807, 2.05) is 13.8 Å². The number of hydrogen-bond acceptors (Lipinski definition) is 7. The van der Waals surface area contributed by atoms with E-state index in [4.69, 9.17) is 21.1 Å². The number of anilines is 1. The van der Waals surface area contributed by atoms with E-state index in [9.17, 15) is 9.90 Å². The Morgan fingerprint density at radius 2 is 2.12 bits per heavy atom. The summed E-state index contributed by atoms with van der Waals surface area (Å²) in [5.41, 5.74) is 1.01. The summed E-state index contributed by atoms with van der Waals surface area (Å²) in [6.45, 7) is 4.45. The van der Waals surface area contributed by atoms with Gasteiger partial charge in [0.05, 0.1) is 41.1 Å². The summed E-state index contributed by atoms with van der Waals surface area (Å²) in [6.07, 6.45) is 1.98. The van der Waals surface area contributed by atoms with Crippen LogP contribution in [0.15, 0.2) is 29.3 Å². The Balaban J connectivity index is 1.57. The molecule has 174 valence electrons. The third-order valence-corrected chi connectivity index (χ3v) is 6.49. The fourth-order valence-corrected chi connectivity index (χ4v) is 4.67. The number of halogens is 2. The van der Waals surface area contributed by atoms with E-state index < -0.39 is 18.2 Å². The number of nitrogens with one attached hydrogen (secondary N) is 1. The topological polar surface area (TPSA) is 98.5 Å². The maximum atomic E-state index is 15.2. The van der Waals surface area contributed by atoms with Crippen molar-refractivity contribution in [3.63, 3.8) is 0 Å². The number of nitrogens with zero attached hydrogens (tertiary/aromatic N) is 3. The zero-order valence-corrected chi connectivity index (χ0v) is 19.1. The van der Waals surface area contributed by atoms with Crippen LogP contribution >= 0.6 is 11.6 Å². The fraction of sp³-hybridized carbons (Fsp3) is 0.435. The van der Waals surface area contributed by atoms with E-state index in [0.717, 1.165) is 5.56 Å². The van der Waals surface area contributed by atoms with E-state index in [1.54, 1.807) is 19.3 Å². The zero-order valence-electron chi connectivity index (χ0n) is 18.4. The summed E-state index contributed by atoms with van der Waals surface area (Å²) >= 11 is 6.37. The van der Waals surface area contributed by atoms with Gasteiger partial charge in [-0.15, -0.1) is 0 Å². The van der Waals surface area contributed by atoms with Gasteiger partial charge in [-0.25, -0.2) is 14.4 Å². The predicted octanol–water partition coefficient (Wildman–Crippen LogP) is 3.20. The number of aliphatic hydroxyl groups excluding tert-OH is 1. The second-order valence-electron chi connectivity index (χ2n) is 8.86. The highest BCUT2D eigenvalue weighted by Gasteiger charge is 2.43. The van der Waals surface area contributed by atoms with E-state index in [2.05, 4.69) is 15.3 Å². The van der Waals surface area contributed by atoms with Gasteiger partial charge < -0.3 is 24.5 Å². The van der Waals surface area contributed by atoms with E-state index in [-0.39, 0.29) is 45.9 Å². The first kappa shape index (κ1) is 22.2. The molecule has 5 rings (SSSR count). The molecule has 2 saturated heterocycles. The molecule has 0 amide bonds. The number of aryl methyl sites for hydroxylation is 1. The minimum atomic E-state index is -0.895. The van der Waals surface area contributed by atoms with Crippen molar-refractivity contribution in [2.75, 3.05) is 11.9 Å². The lowest BCUT2D eigenvalue weighted by Gasteiger charge is -2.32. The Labute approximate surface area is 194 Å². The molecular formula is C23H24ClFN4O4. The molecule has 2 bridgehead atoms. The monoisotopic (exact) mass is 474 g/mol. The first-order valence-corrected chi connectivity index (χ1v) is 11.2. The number of pyridine rings is 1. The average Bonchev–Trinajstić information content (AvgIpc) is 3.19. The SMILES string of the molecule is CC(C)c1cn(C)c(=O)c2cc(F)c(-c3nc(N[C@@H]4C[C@H]5CO[C@H](O5)[C@H]4O)ncc3Cl)cc12. The number of ether oxygens (including phenoxy) is 2. The van der Waals surface area contributed by atoms with Crippen LogP contribution in [0.4, 0.5) is 10.3 Å². The smallest absolute Gasteiger partial charge is 0.258 e. The maximum absolute atomic E-state index is 15.2. The van der Waals surface area contributed by atoms with Crippen molar-refractivity contribution >= 4 is 28.3 Å². The minimum Gasteiger partial charge on any atom is -0.386 e. The van der Waals surface area contributed by atoms with Crippen molar-refractivity contribution in [3.05, 3.63) is 51.3 Å². The van der Waals surface area contributed by atoms with E-state index >= 15 is 4.39 Å². The van der Waals surface area contributed by atoms with Gasteiger partial charge in [-0.05, 0) is 35.4 Å². The molecule has 4 atom stereocenters. The lowest BCUT2D eigenvalue weighted by atomic mass is 9.96. The molecule has 2 N–H and O–H groups in total. The molecule has 2 fully saturated rings. The van der Waals surface area contributed by atoms with Crippen LogP contribution in [-0.2, 0) is 16.5 Å². The lowest BCUT2D eigenvalue weighted by Crippen LogP contribution is -2.48. The van der Waals surface area contributed by atoms with Crippen molar-refractivity contribution in [1.29, 1.82) is 0 Å². The molecule has 0 radical (unpaired) electrons. The Hall–Kier alpha value is -2.59. The van der Waals surface area contributed by atoms with Gasteiger partial charge in [0.15, 0.2) is 6.29 Å². The molecule has 10 heteroatoms. The van der Waals surface area contributed by atoms with Crippen LogP contribution in [0, 0.1) is 5.82 Å². The van der Waals surface area contributed by atoms with Crippen LogP contribution < -0.4 is 10.9 Å². The van der Waals surface area contributed by atoms with Crippen LogP contribution in [0.3, 0.4) is 0 Å². The van der Waals surface area contributed by atoms with Gasteiger partial charge in [0.25, 0.3) is 5.56 Å². The molecule has 3 aromatic rings. The molecule has 0 saturated carbocycles. The highest BCUT2D eigenvalue weighted by atomic mass is 35.5. The van der Waals surface area contributed by atoms with E-state index in [1.165, 1.54) is 16.8 Å². The van der Waals surface area contributed by atoms with Gasteiger partial charge in [-0.1, -0.05) is 25.4 Å². The molecule has 8 nitrogen and oxygen atoms in total. The highest BCUT2D eigenvalue weighted by Crippen LogP contribution is 2.34. The number of rotatable bonds is 4. The normalized spacial score (nSPS) is 24.6. The average molecular weight is 475 g/mol. The van der Waals surface area contributed by atoms with Gasteiger partial charge in [-0.3, -0.25) is 4.79 Å². The van der Waals surface area contributed by atoms with Crippen LogP contribution in [0.5, 0.6) is 0 Å². The zero-order chi connectivity index (χ0) is 23.4. The molecule has 0 spiro atoms. The first-order valence-electron chi connectivity index (χ1n) is 10.8. The number of aromatic nitrogens is 3. The number of hydrogen-bond donors (Lipinski definition) is 2. The third-order valence-electron chi connectivity index (χ3n) is 6.22. The quantitative estimate of drug-likeness (QED) is 0.599. The summed E-state index contributed by atoms with van der Waals surface area (Å²) in [5, 5.41) is 14.7. The van der Waals surface area contributed by atoms with Crippen molar-refractivity contribution < 1.29 is 19.0 Å². The van der Waals surface area contributed by atoms with Gasteiger partial charge in [0, 0.05) is 18.8 Å². The molecule has 33 heavy (non-hydrogen) atoms. The van der Waals surface area contributed by atoms with Crippen molar-refractivity contribution in [3.8, 4) is 11.3 Å². The van der Waals surface area contributed by atoms with Gasteiger partial charge in [0.2, 0.25) is 5.95 Å². The van der Waals surface area contributed by atoms with Crippen molar-refractivity contribution in [2.45, 2.75) is 50.7 Å². The van der Waals surface area contributed by atoms with Crippen molar-refractivity contribution in [2.24, 2.45) is 7.05 Å². The van der Waals surface area contributed by atoms with E-state index in [0.29, 0.717) is 23.8 Å². The summed E-state index contributed by atoms with van der Waals surface area (Å²) < 4.78 is 27.7. The Morgan fingerprint density at radius 3 is 2.88 bits per heavy atom. The molecular weight excluding hydrogens is 451 g/mol. The maximum Gasteiger partial charge on any atom is 0.258 e. The Kier molecular flexibility index (Phi) is 5.60. The fourth-order valence-electron chi connectivity index (χ4n) is 4.48. The van der Waals surface area contributed by atoms with Gasteiger partial charge in [-0.2, -0.15) is 0 Å². The lowest BCUT2D eigenvalue weighted by molar-refractivity contribution is -0.156. The summed E-state index contributed by atoms with van der Waals surface area (Å²) in [7, 11) is 1.65. The standard InChI is InChI=1S/C23H24ClFN4O4/c1-10(2)15-8-29(3)21(31)13-6-17(25)14(5-12(13)15)19-16(24)7-26-23(28-19)27-18-4-11-9-32-22(33-11)20(18)30/h5-8,10-11,18,20,22,30H,4,9H2,1-3H3,(H,26,27,28)/t11-,18+,20-,22+/m0/s1. The number of aliphatic hydroxyl groups is 1. The summed E-state index contributed by atoms with van der Waals surface area (Å²) in [5.74, 6) is -0.291. The second-order valence-corrected chi connectivity index (χ2v) is 9.27. The Morgan fingerprint density at radius 1 is 1.33 bits per heavy atom. The molecule has 0 unspecified atom stereocenters. The largest absolute Gasteiger partial charge is 0.386 e. The summed E-state index contributed by atoms with van der Waals surface area (Å²) in [4.78, 5) is 21.3. The van der Waals surface area contributed by atoms with Gasteiger partial charge in [0.1, 0.15) is 11.9 Å². The molecule has 1 aromatic carbocycles. The molecule has 2 aromatic heterocycles. The predicted molar refractivity (Wildman–Crippen MR) is 122 cm³/mol. The third kappa shape index (κ3) is 3.89. The number of benzene rings is 1. The second kappa shape index (κ2) is 8.32. The molecule has 2 aliphatic rings. The first-order chi connectivity index (χ1) is 15.7. The minimum absolute atomic E-state index is 0.113. The van der Waals surface area contributed by atoms with Crippen LogP contribution in [0.2, 0.25) is 5.02 Å². The molecule has 4 heterocycles. The van der Waals surface area contributed by atoms with Crippen molar-refractivity contribution in [1.82, 2.24) is 14.5 Å². The van der Waals surface area contributed by atoms with Crippen LogP contribution in [-0.4, -0.2) is 50.8 Å². The molecule has 2 aliphatic heterocycles.